The van der Waals surface area contributed by atoms with Crippen LogP contribution in [0.3, 0.4) is 0 Å². The minimum absolute atomic E-state index is 0. The first-order valence-corrected chi connectivity index (χ1v) is 39.2. The number of thiophene rings is 1. The summed E-state index contributed by atoms with van der Waals surface area (Å²) in [6, 6.07) is 62.4. The molecule has 3 N–H and O–H groups in total. The van der Waals surface area contributed by atoms with Crippen molar-refractivity contribution in [3.05, 3.63) is 279 Å². The fourth-order valence-corrected chi connectivity index (χ4v) is 9.03. The minimum atomic E-state index is 0. The number of furan rings is 1. The van der Waals surface area contributed by atoms with Crippen molar-refractivity contribution in [3.63, 3.8) is 0 Å². The van der Waals surface area contributed by atoms with Gasteiger partial charge in [0.15, 0.2) is 17.6 Å². The lowest BCUT2D eigenvalue weighted by Gasteiger charge is -1.83. The molecule has 0 spiro atoms. The molecular formula is C83H119N15O4S4. The molecular weight excluding hydrogens is 1400 g/mol. The molecule has 0 amide bonds. The number of hydrogen-bond donors (Lipinski definition) is 3. The van der Waals surface area contributed by atoms with Crippen molar-refractivity contribution in [2.75, 3.05) is 0 Å². The number of fused-ring (bicyclic) bond motifs is 7. The SMILES string of the molecule is C.CC.CC.CC.CC.CC.CC.CC.CC.CC.CC.CC.c1ccc2[nH]ccc2c1.c1ccc2occc2c1.c1ccc2ocnc2c1.c1ccc2oncc2c1.c1ccc2sccc2c1.c1ccc2scnc2c1.c1ccc2sncc2c1.c1cn[nH]n1.c1conn1.c1csnn1.c1nc[nH]n1. The average Bonchev–Trinajstić information content (AvgIpc) is 1.81. The van der Waals surface area contributed by atoms with Crippen LogP contribution < -0.4 is 0 Å². The van der Waals surface area contributed by atoms with Gasteiger partial charge in [0.25, 0.3) is 0 Å². The van der Waals surface area contributed by atoms with Gasteiger partial charge < -0.3 is 22.9 Å². The van der Waals surface area contributed by atoms with E-state index in [0.29, 0.717) is 0 Å². The molecule has 11 aromatic heterocycles. The van der Waals surface area contributed by atoms with Gasteiger partial charge in [-0.2, -0.15) is 24.9 Å². The molecule has 11 heterocycles. The van der Waals surface area contributed by atoms with Crippen molar-refractivity contribution in [3.8, 4) is 0 Å². The van der Waals surface area contributed by atoms with E-state index in [0.717, 1.165) is 38.6 Å². The van der Waals surface area contributed by atoms with E-state index < -0.39 is 0 Å². The van der Waals surface area contributed by atoms with Crippen LogP contribution in [0, 0.1) is 0 Å². The summed E-state index contributed by atoms with van der Waals surface area (Å²) in [5.41, 5.74) is 7.73. The summed E-state index contributed by atoms with van der Waals surface area (Å²) in [7, 11) is 0. The summed E-state index contributed by atoms with van der Waals surface area (Å²) in [4.78, 5) is 14.8. The third-order valence-electron chi connectivity index (χ3n) is 10.4. The van der Waals surface area contributed by atoms with Crippen molar-refractivity contribution in [1.82, 2.24) is 75.0 Å². The lowest BCUT2D eigenvalue weighted by molar-refractivity contribution is 0.393. The molecule has 0 radical (unpaired) electrons. The monoisotopic (exact) mass is 1520 g/mol. The van der Waals surface area contributed by atoms with Gasteiger partial charge in [0.2, 0.25) is 0 Å². The first kappa shape index (κ1) is 104. The standard InChI is InChI=1S/C8H7N.C8H6O.C8H6S.2C7H5NO.2C7H5NS.2C2H3N3.C2H2N2O.C2H2N2S.11C2H6.CH4/c3*1-2-4-8-7(3-1)5-6-9-8;1-2-4-7-6(3-1)8-5-9-7;1-2-4-7-6(3-1)5-8-9-7;1-2-4-7-6(3-1)8-5-9-7;1-2-4-7-6(3-1)5-8-9-7;1-3-2-5-4-1;1-2-4-5-3-1;2*1-2-5-4-3-1;11*1-2;/h1-6,9H;2*1-6H;4*1-5H;2*1-2H,(H,3,4,5);2*1-2H;11*1-2H3;1H4. The smallest absolute Gasteiger partial charge is 0.181 e. The van der Waals surface area contributed by atoms with Crippen LogP contribution in [0.25, 0.3) is 74.3 Å². The van der Waals surface area contributed by atoms with E-state index in [1.54, 1.807) is 53.7 Å². The first-order chi connectivity index (χ1) is 52.3. The summed E-state index contributed by atoms with van der Waals surface area (Å²) >= 11 is 6.35. The second kappa shape index (κ2) is 81.6. The maximum atomic E-state index is 5.12. The number of nitrogens with zero attached hydrogens (tertiary/aromatic N) is 12. The summed E-state index contributed by atoms with van der Waals surface area (Å²) in [5.74, 6) is 0. The number of para-hydroxylation sites is 6. The Hall–Kier alpha value is -10.7. The Morgan fingerprint density at radius 3 is 1.43 bits per heavy atom. The number of oxazole rings is 1. The van der Waals surface area contributed by atoms with E-state index in [9.17, 15) is 0 Å². The number of nitrogens with one attached hydrogen (secondary N) is 3. The Balaban J connectivity index is -0.000000345. The Morgan fingerprint density at radius 2 is 0.953 bits per heavy atom. The van der Waals surface area contributed by atoms with Crippen LogP contribution in [0.2, 0.25) is 0 Å². The number of aromatic amines is 3. The number of aromatic nitrogens is 15. The van der Waals surface area contributed by atoms with Gasteiger partial charge >= 0.3 is 0 Å². The highest BCUT2D eigenvalue weighted by atomic mass is 32.1. The molecule has 574 valence electrons. The Bertz CT molecular complexity index is 3400. The molecule has 0 aliphatic heterocycles. The molecule has 18 aromatic rings. The Labute approximate surface area is 647 Å². The zero-order chi connectivity index (χ0) is 78.9. The van der Waals surface area contributed by atoms with Crippen LogP contribution in [0.15, 0.2) is 297 Å². The highest BCUT2D eigenvalue weighted by Crippen LogP contribution is 2.20. The molecule has 0 saturated carbocycles. The number of H-pyrrole nitrogens is 3. The van der Waals surface area contributed by atoms with Crippen molar-refractivity contribution in [2.24, 2.45) is 0 Å². The number of thiazole rings is 1. The maximum absolute atomic E-state index is 5.12. The predicted octanol–water partition coefficient (Wildman–Crippen LogP) is 27.9. The summed E-state index contributed by atoms with van der Waals surface area (Å²) < 4.78 is 30.7. The van der Waals surface area contributed by atoms with Gasteiger partial charge in [0.05, 0.1) is 57.7 Å². The van der Waals surface area contributed by atoms with Crippen molar-refractivity contribution >= 4 is 120 Å². The molecule has 23 heteroatoms. The number of benzene rings is 7. The van der Waals surface area contributed by atoms with Gasteiger partial charge in [0.1, 0.15) is 30.0 Å². The molecule has 0 fully saturated rings. The van der Waals surface area contributed by atoms with E-state index in [-0.39, 0.29) is 7.43 Å². The molecule has 18 rings (SSSR count). The van der Waals surface area contributed by atoms with Gasteiger partial charge in [-0.1, -0.05) is 279 Å². The third kappa shape index (κ3) is 48.3. The molecule has 0 unspecified atom stereocenters. The van der Waals surface area contributed by atoms with Crippen LogP contribution in [0.5, 0.6) is 0 Å². The van der Waals surface area contributed by atoms with Crippen LogP contribution in [0.4, 0.5) is 0 Å². The van der Waals surface area contributed by atoms with Crippen molar-refractivity contribution in [2.45, 2.75) is 160 Å². The minimum Gasteiger partial charge on any atom is -0.464 e. The quantitative estimate of drug-likeness (QED) is 0.128. The molecule has 106 heavy (non-hydrogen) atoms. The second-order valence-corrected chi connectivity index (χ2v) is 19.1. The van der Waals surface area contributed by atoms with E-state index in [1.165, 1.54) is 90.3 Å². The molecule has 19 nitrogen and oxygen atoms in total. The van der Waals surface area contributed by atoms with Gasteiger partial charge in [0, 0.05) is 49.4 Å². The van der Waals surface area contributed by atoms with Crippen LogP contribution in [0.1, 0.15) is 160 Å². The van der Waals surface area contributed by atoms with Crippen LogP contribution >= 0.6 is 45.7 Å². The van der Waals surface area contributed by atoms with E-state index in [4.69, 9.17) is 13.4 Å². The zero-order valence-corrected chi connectivity index (χ0v) is 69.0. The molecule has 0 saturated heterocycles. The van der Waals surface area contributed by atoms with Gasteiger partial charge in [-0.05, 0) is 118 Å². The largest absolute Gasteiger partial charge is 0.464 e. The highest BCUT2D eigenvalue weighted by Gasteiger charge is 1.95. The van der Waals surface area contributed by atoms with E-state index in [1.807, 2.05) is 297 Å². The highest BCUT2D eigenvalue weighted by molar-refractivity contribution is 7.17. The number of hydrogen-bond acceptors (Lipinski definition) is 20. The van der Waals surface area contributed by atoms with Gasteiger partial charge in [-0.25, -0.2) is 15.0 Å². The third-order valence-corrected chi connectivity index (χ3v) is 13.3. The van der Waals surface area contributed by atoms with Gasteiger partial charge in [-0.3, -0.25) is 5.10 Å². The maximum Gasteiger partial charge on any atom is 0.181 e. The zero-order valence-electron chi connectivity index (χ0n) is 65.7. The molecule has 7 aromatic carbocycles. The molecule has 0 aliphatic rings. The van der Waals surface area contributed by atoms with E-state index in [2.05, 4.69) is 152 Å². The second-order valence-electron chi connectivity index (χ2n) is 15.8. The summed E-state index contributed by atoms with van der Waals surface area (Å²) in [5, 5.41) is 38.9. The predicted molar refractivity (Wildman–Crippen MR) is 462 cm³/mol. The summed E-state index contributed by atoms with van der Waals surface area (Å²) in [6.07, 6.45) is 19.3. The first-order valence-electron chi connectivity index (χ1n) is 35.8. The van der Waals surface area contributed by atoms with Crippen LogP contribution in [-0.2, 0) is 0 Å². The molecule has 0 atom stereocenters. The lowest BCUT2D eigenvalue weighted by atomic mass is 10.3. The van der Waals surface area contributed by atoms with Crippen LogP contribution in [-0.4, -0.2) is 75.0 Å². The van der Waals surface area contributed by atoms with E-state index >= 15 is 0 Å². The lowest BCUT2D eigenvalue weighted by Crippen LogP contribution is -1.61. The molecule has 0 aliphatic carbocycles. The summed E-state index contributed by atoms with van der Waals surface area (Å²) in [6.45, 7) is 44.0. The van der Waals surface area contributed by atoms with Crippen molar-refractivity contribution in [1.29, 1.82) is 0 Å². The Morgan fingerprint density at radius 1 is 0.396 bits per heavy atom. The normalized spacial score (nSPS) is 8.21. The Kier molecular flexibility index (Phi) is 80.0. The number of rotatable bonds is 0. The fourth-order valence-electron chi connectivity index (χ4n) is 6.64. The fraction of sp³-hybridized carbons (Fsp3) is 0.277. The average molecular weight is 1520 g/mol. The molecule has 0 bridgehead atoms. The van der Waals surface area contributed by atoms with Gasteiger partial charge in [-0.15, -0.1) is 32.9 Å². The van der Waals surface area contributed by atoms with Crippen molar-refractivity contribution < 1.29 is 17.9 Å². The topological polar surface area (TPSA) is 255 Å².